The number of fused-ring (bicyclic) bond motifs is 1. The van der Waals surface area contributed by atoms with Gasteiger partial charge in [0, 0.05) is 21.8 Å². The summed E-state index contributed by atoms with van der Waals surface area (Å²) in [6.45, 7) is 3.48. The zero-order chi connectivity index (χ0) is 19.5. The van der Waals surface area contributed by atoms with Gasteiger partial charge in [-0.25, -0.2) is 9.97 Å². The number of carbonyl (C=O) groups excluding carboxylic acids is 1. The molecule has 2 N–H and O–H groups in total. The summed E-state index contributed by atoms with van der Waals surface area (Å²) >= 11 is 5.99. The molecule has 0 saturated heterocycles. The summed E-state index contributed by atoms with van der Waals surface area (Å²) in [6.07, 6.45) is 4.24. The van der Waals surface area contributed by atoms with E-state index in [1.54, 1.807) is 24.4 Å². The maximum Gasteiger partial charge on any atom is 0.270 e. The Bertz CT molecular complexity index is 1190. The maximum atomic E-state index is 11.8. The monoisotopic (exact) mass is 391 g/mol. The van der Waals surface area contributed by atoms with Gasteiger partial charge in [0.15, 0.2) is 0 Å². The van der Waals surface area contributed by atoms with Crippen molar-refractivity contribution >= 4 is 51.7 Å². The highest BCUT2D eigenvalue weighted by Crippen LogP contribution is 2.22. The minimum atomic E-state index is -0.287. The summed E-state index contributed by atoms with van der Waals surface area (Å²) in [5, 5.41) is 11.7. The quantitative estimate of drug-likeness (QED) is 0.492. The molecule has 0 unspecified atom stereocenters. The van der Waals surface area contributed by atoms with Crippen molar-refractivity contribution in [3.63, 3.8) is 0 Å². The molecule has 8 nitrogen and oxygen atoms in total. The number of allylic oxidation sites excluding steroid dienone is 1. The Morgan fingerprint density at radius 3 is 2.54 bits per heavy atom. The third-order valence-corrected chi connectivity index (χ3v) is 4.10. The number of benzene rings is 2. The second-order valence-electron chi connectivity index (χ2n) is 5.77. The minimum absolute atomic E-state index is 0.287. The molecular formula is C19H14ClN7O. The van der Waals surface area contributed by atoms with Gasteiger partial charge in [-0.2, -0.15) is 14.8 Å². The Balaban J connectivity index is 1.55. The van der Waals surface area contributed by atoms with Crippen LogP contribution in [0, 0.1) is 0 Å². The first-order valence-electron chi connectivity index (χ1n) is 8.25. The lowest BCUT2D eigenvalue weighted by Gasteiger charge is -2.08. The fourth-order valence-corrected chi connectivity index (χ4v) is 2.80. The Hall–Kier alpha value is -3.78. The van der Waals surface area contributed by atoms with E-state index in [0.29, 0.717) is 22.4 Å². The topological polar surface area (TPSA) is 97.6 Å². The molecule has 0 amide bonds. The van der Waals surface area contributed by atoms with E-state index in [-0.39, 0.29) is 5.91 Å². The van der Waals surface area contributed by atoms with Gasteiger partial charge in [-0.3, -0.25) is 4.79 Å². The van der Waals surface area contributed by atoms with Crippen molar-refractivity contribution in [2.45, 2.75) is 0 Å². The van der Waals surface area contributed by atoms with Gasteiger partial charge in [-0.05, 0) is 42.5 Å². The van der Waals surface area contributed by atoms with Crippen molar-refractivity contribution in [3.05, 3.63) is 72.7 Å². The van der Waals surface area contributed by atoms with Gasteiger partial charge >= 0.3 is 0 Å². The van der Waals surface area contributed by atoms with E-state index >= 15 is 0 Å². The highest BCUT2D eigenvalue weighted by Gasteiger charge is 2.09. The first-order valence-corrected chi connectivity index (χ1v) is 8.63. The second kappa shape index (κ2) is 7.45. The Morgan fingerprint density at radius 1 is 1.07 bits per heavy atom. The van der Waals surface area contributed by atoms with Crippen LogP contribution in [0.15, 0.2) is 67.6 Å². The summed E-state index contributed by atoms with van der Waals surface area (Å²) < 4.78 is 1.29. The van der Waals surface area contributed by atoms with Crippen LogP contribution >= 0.6 is 11.6 Å². The van der Waals surface area contributed by atoms with Crippen molar-refractivity contribution in [3.8, 4) is 0 Å². The van der Waals surface area contributed by atoms with Gasteiger partial charge < -0.3 is 10.6 Å². The van der Waals surface area contributed by atoms with Crippen molar-refractivity contribution in [2.24, 2.45) is 0 Å². The highest BCUT2D eigenvalue weighted by atomic mass is 35.5. The van der Waals surface area contributed by atoms with Crippen LogP contribution < -0.4 is 10.6 Å². The van der Waals surface area contributed by atoms with Gasteiger partial charge in [0.05, 0.1) is 11.7 Å². The fourth-order valence-electron chi connectivity index (χ4n) is 2.61. The average molecular weight is 392 g/mol. The number of nitrogens with zero attached hydrogens (tertiary/aromatic N) is 5. The molecule has 0 saturated carbocycles. The molecule has 0 aliphatic heterocycles. The number of hydrogen-bond acceptors (Lipinski definition) is 7. The molecule has 0 spiro atoms. The van der Waals surface area contributed by atoms with E-state index in [1.165, 1.54) is 17.1 Å². The summed E-state index contributed by atoms with van der Waals surface area (Å²) in [6, 6.07) is 12.7. The van der Waals surface area contributed by atoms with Crippen LogP contribution in [-0.2, 0) is 0 Å². The Kier molecular flexibility index (Phi) is 4.69. The third-order valence-electron chi connectivity index (χ3n) is 3.86. The molecule has 0 atom stereocenters. The largest absolute Gasteiger partial charge is 0.324 e. The van der Waals surface area contributed by atoms with Gasteiger partial charge in [0.2, 0.25) is 11.9 Å². The number of carbonyl (C=O) groups is 1. The van der Waals surface area contributed by atoms with Crippen molar-refractivity contribution < 1.29 is 4.79 Å². The Morgan fingerprint density at radius 2 is 1.82 bits per heavy atom. The molecular weight excluding hydrogens is 378 g/mol. The van der Waals surface area contributed by atoms with E-state index in [0.717, 1.165) is 16.8 Å². The third kappa shape index (κ3) is 3.67. The normalized spacial score (nSPS) is 10.6. The zero-order valence-electron chi connectivity index (χ0n) is 14.5. The molecule has 2 heterocycles. The van der Waals surface area contributed by atoms with Crippen molar-refractivity contribution in [1.29, 1.82) is 0 Å². The minimum Gasteiger partial charge on any atom is -0.324 e. The fraction of sp³-hybridized carbons (Fsp3) is 0. The van der Waals surface area contributed by atoms with E-state index < -0.39 is 0 Å². The summed E-state index contributed by atoms with van der Waals surface area (Å²) in [5.41, 5.74) is 2.21. The van der Waals surface area contributed by atoms with E-state index in [4.69, 9.17) is 11.6 Å². The zero-order valence-corrected chi connectivity index (χ0v) is 15.3. The first kappa shape index (κ1) is 17.6. The second-order valence-corrected chi connectivity index (χ2v) is 6.20. The van der Waals surface area contributed by atoms with Crippen LogP contribution in [0.2, 0.25) is 5.02 Å². The van der Waals surface area contributed by atoms with Crippen LogP contribution in [0.25, 0.3) is 10.9 Å². The number of aromatic nitrogens is 5. The average Bonchev–Trinajstić information content (AvgIpc) is 3.11. The number of nitrogens with one attached hydrogen (secondary N) is 2. The molecule has 28 heavy (non-hydrogen) atoms. The van der Waals surface area contributed by atoms with Gasteiger partial charge in [0.1, 0.15) is 6.33 Å². The molecule has 4 rings (SSSR count). The molecule has 2 aromatic heterocycles. The van der Waals surface area contributed by atoms with Crippen LogP contribution in [0.4, 0.5) is 23.3 Å². The van der Waals surface area contributed by atoms with Gasteiger partial charge in [0.25, 0.3) is 5.91 Å². The first-order chi connectivity index (χ1) is 13.6. The number of halogens is 1. The predicted octanol–water partition coefficient (Wildman–Crippen LogP) is 4.19. The molecule has 0 aliphatic rings. The SMILES string of the molecule is C=CC(=O)n1ncc2cc(Nc3ncnc(Nc4cccc(Cl)c4)n3)ccc21. The van der Waals surface area contributed by atoms with E-state index in [1.807, 2.05) is 24.3 Å². The number of hydrogen-bond donors (Lipinski definition) is 2. The molecule has 2 aromatic carbocycles. The lowest BCUT2D eigenvalue weighted by atomic mass is 10.2. The molecule has 4 aromatic rings. The molecule has 0 radical (unpaired) electrons. The number of rotatable bonds is 5. The van der Waals surface area contributed by atoms with Crippen molar-refractivity contribution in [1.82, 2.24) is 24.7 Å². The van der Waals surface area contributed by atoms with Crippen molar-refractivity contribution in [2.75, 3.05) is 10.6 Å². The maximum absolute atomic E-state index is 11.8. The Labute approximate surface area is 164 Å². The standard InChI is InChI=1S/C19H14ClN7O/c1-2-17(28)27-16-7-6-15(8-12(16)10-23-27)25-19-22-11-21-18(26-19)24-14-5-3-4-13(20)9-14/h2-11H,1H2,(H2,21,22,24,25,26). The molecule has 0 bridgehead atoms. The lowest BCUT2D eigenvalue weighted by molar-refractivity contribution is 0.0960. The molecule has 0 fully saturated rings. The van der Waals surface area contributed by atoms with E-state index in [2.05, 4.69) is 37.3 Å². The van der Waals surface area contributed by atoms with Crippen LogP contribution in [0.3, 0.4) is 0 Å². The number of anilines is 4. The summed E-state index contributed by atoms with van der Waals surface area (Å²) in [5.74, 6) is 0.462. The molecule has 138 valence electrons. The van der Waals surface area contributed by atoms with E-state index in [9.17, 15) is 4.79 Å². The van der Waals surface area contributed by atoms with Crippen LogP contribution in [0.1, 0.15) is 4.79 Å². The van der Waals surface area contributed by atoms with Crippen LogP contribution in [-0.4, -0.2) is 30.6 Å². The highest BCUT2D eigenvalue weighted by molar-refractivity contribution is 6.30. The lowest BCUT2D eigenvalue weighted by Crippen LogP contribution is -2.08. The van der Waals surface area contributed by atoms with Gasteiger partial charge in [-0.15, -0.1) is 0 Å². The molecule has 9 heteroatoms. The van der Waals surface area contributed by atoms with Gasteiger partial charge in [-0.1, -0.05) is 24.2 Å². The molecule has 0 aliphatic carbocycles. The van der Waals surface area contributed by atoms with Crippen LogP contribution in [0.5, 0.6) is 0 Å². The smallest absolute Gasteiger partial charge is 0.270 e. The summed E-state index contributed by atoms with van der Waals surface area (Å²) in [7, 11) is 0. The summed E-state index contributed by atoms with van der Waals surface area (Å²) in [4.78, 5) is 24.4. The predicted molar refractivity (Wildman–Crippen MR) is 108 cm³/mol.